The van der Waals surface area contributed by atoms with Crippen LogP contribution >= 0.6 is 11.8 Å². The summed E-state index contributed by atoms with van der Waals surface area (Å²) in [6, 6.07) is 1.65. The number of nitrogen functional groups attached to an aromatic ring is 1. The van der Waals surface area contributed by atoms with Crippen molar-refractivity contribution in [2.75, 3.05) is 23.0 Å². The van der Waals surface area contributed by atoms with Crippen LogP contribution < -0.4 is 5.73 Å². The molecule has 2 fully saturated rings. The highest BCUT2D eigenvalue weighted by Crippen LogP contribution is 2.30. The zero-order valence-corrected chi connectivity index (χ0v) is 16.0. The number of rotatable bonds is 5. The molecule has 0 radical (unpaired) electrons. The van der Waals surface area contributed by atoms with Crippen LogP contribution in [0.1, 0.15) is 37.8 Å². The van der Waals surface area contributed by atoms with Crippen molar-refractivity contribution in [2.45, 2.75) is 56.3 Å². The predicted molar refractivity (Wildman–Crippen MR) is 98.1 cm³/mol. The highest BCUT2D eigenvalue weighted by Gasteiger charge is 2.38. The van der Waals surface area contributed by atoms with E-state index in [2.05, 4.69) is 9.97 Å². The lowest BCUT2D eigenvalue weighted by atomic mass is 10.1. The van der Waals surface area contributed by atoms with E-state index in [1.807, 2.05) is 11.8 Å². The summed E-state index contributed by atoms with van der Waals surface area (Å²) in [5.74, 6) is 0.836. The lowest BCUT2D eigenvalue weighted by Crippen LogP contribution is -2.47. The molecule has 9 heteroatoms. The number of thioether (sulfide) groups is 1. The predicted octanol–water partition coefficient (Wildman–Crippen LogP) is 1.42. The van der Waals surface area contributed by atoms with E-state index in [4.69, 9.17) is 5.73 Å². The van der Waals surface area contributed by atoms with Crippen LogP contribution in [0.4, 0.5) is 5.82 Å². The Morgan fingerprint density at radius 3 is 2.60 bits per heavy atom. The Labute approximate surface area is 152 Å². The van der Waals surface area contributed by atoms with E-state index in [-0.39, 0.29) is 35.2 Å². The summed E-state index contributed by atoms with van der Waals surface area (Å²) in [4.78, 5) is 23.2. The quantitative estimate of drug-likeness (QED) is 0.604. The molecule has 7 nitrogen and oxygen atoms in total. The number of carbonyl (C=O) groups excluding carboxylic acids is 1. The highest BCUT2D eigenvalue weighted by molar-refractivity contribution is 7.99. The lowest BCUT2D eigenvalue weighted by Gasteiger charge is -2.34. The maximum atomic E-state index is 12.9. The maximum Gasteiger partial charge on any atom is 0.233 e. The van der Waals surface area contributed by atoms with E-state index in [9.17, 15) is 13.2 Å². The van der Waals surface area contributed by atoms with Crippen LogP contribution in [0, 0.1) is 6.92 Å². The minimum absolute atomic E-state index is 0.0253. The van der Waals surface area contributed by atoms with Gasteiger partial charge < -0.3 is 10.6 Å². The second kappa shape index (κ2) is 7.49. The van der Waals surface area contributed by atoms with Gasteiger partial charge >= 0.3 is 0 Å². The molecule has 1 unspecified atom stereocenters. The molecule has 2 aliphatic rings. The first kappa shape index (κ1) is 18.4. The normalized spacial score (nSPS) is 23.0. The van der Waals surface area contributed by atoms with E-state index < -0.39 is 9.84 Å². The zero-order valence-electron chi connectivity index (χ0n) is 14.3. The lowest BCUT2D eigenvalue weighted by molar-refractivity contribution is -0.132. The van der Waals surface area contributed by atoms with Gasteiger partial charge in [-0.05, 0) is 26.2 Å². The number of carbonyl (C=O) groups is 1. The van der Waals surface area contributed by atoms with Gasteiger partial charge in [0.1, 0.15) is 5.82 Å². The van der Waals surface area contributed by atoms with Gasteiger partial charge in [-0.1, -0.05) is 24.6 Å². The smallest absolute Gasteiger partial charge is 0.233 e. The van der Waals surface area contributed by atoms with Crippen LogP contribution in [0.15, 0.2) is 11.2 Å². The topological polar surface area (TPSA) is 106 Å². The van der Waals surface area contributed by atoms with Gasteiger partial charge in [-0.2, -0.15) is 0 Å². The molecule has 1 aliphatic heterocycles. The van der Waals surface area contributed by atoms with Gasteiger partial charge in [0.05, 0.1) is 17.3 Å². The minimum atomic E-state index is -3.02. The number of nitrogens with zero attached hydrogens (tertiary/aromatic N) is 3. The highest BCUT2D eigenvalue weighted by atomic mass is 32.2. The molecule has 2 N–H and O–H groups in total. The fraction of sp³-hybridized carbons (Fsp3) is 0.688. The molecule has 138 valence electrons. The van der Waals surface area contributed by atoms with Crippen molar-refractivity contribution in [3.05, 3.63) is 11.8 Å². The average molecular weight is 385 g/mol. The maximum absolute atomic E-state index is 12.9. The van der Waals surface area contributed by atoms with E-state index >= 15 is 0 Å². The Bertz CT molecular complexity index is 727. The van der Waals surface area contributed by atoms with Crippen molar-refractivity contribution in [1.82, 2.24) is 14.9 Å². The van der Waals surface area contributed by atoms with Crippen LogP contribution in [-0.4, -0.2) is 58.5 Å². The van der Waals surface area contributed by atoms with Crippen molar-refractivity contribution >= 4 is 33.3 Å². The summed E-state index contributed by atoms with van der Waals surface area (Å²) in [6.07, 6.45) is 4.65. The molecule has 3 rings (SSSR count). The number of hydrogen-bond acceptors (Lipinski definition) is 7. The Morgan fingerprint density at radius 2 is 2.00 bits per heavy atom. The van der Waals surface area contributed by atoms with Gasteiger partial charge in [-0.25, -0.2) is 18.4 Å². The summed E-state index contributed by atoms with van der Waals surface area (Å²) in [7, 11) is -3.02. The second-order valence-corrected chi connectivity index (χ2v) is 9.97. The third kappa shape index (κ3) is 4.63. The molecule has 25 heavy (non-hydrogen) atoms. The summed E-state index contributed by atoms with van der Waals surface area (Å²) in [5.41, 5.74) is 6.49. The number of amides is 1. The molecular formula is C16H24N4O3S2. The van der Waals surface area contributed by atoms with Crippen LogP contribution in [0.2, 0.25) is 0 Å². The molecular weight excluding hydrogens is 360 g/mol. The Balaban J connectivity index is 1.70. The van der Waals surface area contributed by atoms with E-state index in [1.165, 1.54) is 11.8 Å². The first-order chi connectivity index (χ1) is 11.8. The average Bonchev–Trinajstić information content (AvgIpc) is 3.15. The van der Waals surface area contributed by atoms with Crippen LogP contribution in [-0.2, 0) is 14.6 Å². The number of anilines is 1. The van der Waals surface area contributed by atoms with Crippen molar-refractivity contribution in [3.8, 4) is 0 Å². The standard InChI is InChI=1S/C16H24N4O3S2/c1-11-8-14(17)19-16(18-11)24-9-15(21)20(12-4-2-3-5-12)13-6-7-25(22,23)10-13/h8,12-13H,2-7,9-10H2,1H3,(H2,17,18,19). The molecule has 0 aromatic carbocycles. The molecule has 0 spiro atoms. The Morgan fingerprint density at radius 1 is 1.28 bits per heavy atom. The summed E-state index contributed by atoms with van der Waals surface area (Å²) in [5, 5.41) is 0.483. The molecule has 0 bridgehead atoms. The van der Waals surface area contributed by atoms with Gasteiger partial charge in [-0.3, -0.25) is 4.79 Å². The van der Waals surface area contributed by atoms with E-state index in [0.29, 0.717) is 17.4 Å². The van der Waals surface area contributed by atoms with Crippen LogP contribution in [0.3, 0.4) is 0 Å². The number of nitrogens with two attached hydrogens (primary N) is 1. The van der Waals surface area contributed by atoms with Crippen LogP contribution in [0.5, 0.6) is 0 Å². The third-order valence-corrected chi connectivity index (χ3v) is 7.37. The Kier molecular flexibility index (Phi) is 5.52. The van der Waals surface area contributed by atoms with Gasteiger partial charge in [0.25, 0.3) is 0 Å². The number of hydrogen-bond donors (Lipinski definition) is 1. The van der Waals surface area contributed by atoms with Crippen molar-refractivity contribution in [2.24, 2.45) is 0 Å². The monoisotopic (exact) mass is 384 g/mol. The van der Waals surface area contributed by atoms with Crippen molar-refractivity contribution in [1.29, 1.82) is 0 Å². The molecule has 1 amide bonds. The Hall–Kier alpha value is -1.35. The minimum Gasteiger partial charge on any atom is -0.384 e. The second-order valence-electron chi connectivity index (χ2n) is 6.80. The zero-order chi connectivity index (χ0) is 18.0. The van der Waals surface area contributed by atoms with Crippen molar-refractivity contribution in [3.63, 3.8) is 0 Å². The van der Waals surface area contributed by atoms with Crippen molar-refractivity contribution < 1.29 is 13.2 Å². The summed E-state index contributed by atoms with van der Waals surface area (Å²) in [6.45, 7) is 1.83. The first-order valence-corrected chi connectivity index (χ1v) is 11.4. The van der Waals surface area contributed by atoms with Gasteiger partial charge in [0.15, 0.2) is 15.0 Å². The van der Waals surface area contributed by atoms with Crippen LogP contribution in [0.25, 0.3) is 0 Å². The van der Waals surface area contributed by atoms with E-state index in [1.54, 1.807) is 6.07 Å². The first-order valence-electron chi connectivity index (χ1n) is 8.59. The van der Waals surface area contributed by atoms with Gasteiger partial charge in [0.2, 0.25) is 5.91 Å². The molecule has 1 saturated heterocycles. The molecule has 1 aliphatic carbocycles. The number of sulfone groups is 1. The fourth-order valence-electron chi connectivity index (χ4n) is 3.71. The SMILES string of the molecule is Cc1cc(N)nc(SCC(=O)N(C2CCCC2)C2CCS(=O)(=O)C2)n1. The molecule has 1 atom stereocenters. The fourth-order valence-corrected chi connectivity index (χ4v) is 6.20. The summed E-state index contributed by atoms with van der Waals surface area (Å²) < 4.78 is 23.7. The molecule has 2 heterocycles. The molecule has 1 saturated carbocycles. The number of aryl methyl sites for hydroxylation is 1. The number of aromatic nitrogens is 2. The van der Waals surface area contributed by atoms with Gasteiger partial charge in [0, 0.05) is 23.8 Å². The summed E-state index contributed by atoms with van der Waals surface area (Å²) >= 11 is 1.26. The molecule has 1 aromatic heterocycles. The van der Waals surface area contributed by atoms with Gasteiger partial charge in [-0.15, -0.1) is 0 Å². The largest absolute Gasteiger partial charge is 0.384 e. The third-order valence-electron chi connectivity index (χ3n) is 4.79. The van der Waals surface area contributed by atoms with E-state index in [0.717, 1.165) is 31.4 Å². The molecule has 1 aromatic rings.